The molecule has 0 aromatic carbocycles. The Labute approximate surface area is 96.7 Å². The van der Waals surface area contributed by atoms with Gasteiger partial charge in [-0.15, -0.1) is 0 Å². The summed E-state index contributed by atoms with van der Waals surface area (Å²) in [7, 11) is 0. The van der Waals surface area contributed by atoms with Crippen LogP contribution in [-0.4, -0.2) is 29.5 Å². The first-order valence-corrected chi connectivity index (χ1v) is 5.55. The fourth-order valence-electron chi connectivity index (χ4n) is 1.76. The van der Waals surface area contributed by atoms with E-state index in [1.165, 1.54) is 0 Å². The molecule has 2 N–H and O–H groups in total. The zero-order valence-electron chi connectivity index (χ0n) is 9.63. The molecule has 4 heteroatoms. The van der Waals surface area contributed by atoms with Gasteiger partial charge in [0.05, 0.1) is 17.8 Å². The van der Waals surface area contributed by atoms with E-state index in [0.717, 1.165) is 18.8 Å². The molecule has 1 aromatic heterocycles. The third kappa shape index (κ3) is 3.30. The Morgan fingerprint density at radius 1 is 1.56 bits per heavy atom. The topological polar surface area (TPSA) is 65.9 Å². The second-order valence-electron chi connectivity index (χ2n) is 3.54. The van der Waals surface area contributed by atoms with Crippen molar-refractivity contribution in [2.45, 2.75) is 19.4 Å². The predicted octanol–water partition coefficient (Wildman–Crippen LogP) is 1.32. The molecule has 0 aliphatic heterocycles. The van der Waals surface area contributed by atoms with Gasteiger partial charge in [-0.05, 0) is 18.7 Å². The summed E-state index contributed by atoms with van der Waals surface area (Å²) >= 11 is 0. The average Bonchev–Trinajstić information content (AvgIpc) is 2.35. The number of hydrogen-bond donors (Lipinski definition) is 1. The number of hydrogen-bond acceptors (Lipinski definition) is 4. The number of pyridine rings is 1. The van der Waals surface area contributed by atoms with Gasteiger partial charge in [0.25, 0.3) is 0 Å². The van der Waals surface area contributed by atoms with Crippen LogP contribution in [0.25, 0.3) is 0 Å². The lowest BCUT2D eigenvalue weighted by Gasteiger charge is -2.28. The van der Waals surface area contributed by atoms with Gasteiger partial charge in [-0.25, -0.2) is 0 Å². The number of nitriles is 1. The number of nitrogens with two attached hydrogens (primary N) is 1. The molecule has 4 nitrogen and oxygen atoms in total. The Balaban J connectivity index is 2.76. The van der Waals surface area contributed by atoms with Crippen molar-refractivity contribution in [1.82, 2.24) is 9.88 Å². The lowest BCUT2D eigenvalue weighted by atomic mass is 10.1. The monoisotopic (exact) mass is 218 g/mol. The minimum atomic E-state index is 0.111. The molecule has 1 unspecified atom stereocenters. The van der Waals surface area contributed by atoms with E-state index in [1.54, 1.807) is 6.20 Å². The van der Waals surface area contributed by atoms with Crippen LogP contribution in [0.5, 0.6) is 0 Å². The Morgan fingerprint density at radius 2 is 2.38 bits per heavy atom. The minimum Gasteiger partial charge on any atom is -0.329 e. The summed E-state index contributed by atoms with van der Waals surface area (Å²) in [5.74, 6) is 0. The van der Waals surface area contributed by atoms with Crippen LogP contribution in [0.1, 0.15) is 25.1 Å². The van der Waals surface area contributed by atoms with Crippen molar-refractivity contribution in [3.05, 3.63) is 30.1 Å². The molecular weight excluding hydrogens is 200 g/mol. The lowest BCUT2D eigenvalue weighted by molar-refractivity contribution is 0.213. The third-order valence-electron chi connectivity index (χ3n) is 2.61. The SMILES string of the molecule is CCN(CCC#N)C(CN)c1ccccn1. The molecule has 0 saturated heterocycles. The number of aromatic nitrogens is 1. The molecule has 1 rings (SSSR count). The molecule has 0 radical (unpaired) electrons. The van der Waals surface area contributed by atoms with E-state index in [4.69, 9.17) is 11.0 Å². The van der Waals surface area contributed by atoms with Gasteiger partial charge >= 0.3 is 0 Å². The summed E-state index contributed by atoms with van der Waals surface area (Å²) in [5.41, 5.74) is 6.77. The molecule has 16 heavy (non-hydrogen) atoms. The van der Waals surface area contributed by atoms with Crippen LogP contribution < -0.4 is 5.73 Å². The van der Waals surface area contributed by atoms with Crippen LogP contribution in [0.4, 0.5) is 0 Å². The van der Waals surface area contributed by atoms with Crippen molar-refractivity contribution < 1.29 is 0 Å². The van der Waals surface area contributed by atoms with E-state index in [1.807, 2.05) is 18.2 Å². The molecule has 0 amide bonds. The van der Waals surface area contributed by atoms with Crippen LogP contribution in [0, 0.1) is 11.3 Å². The Bertz CT molecular complexity index is 331. The van der Waals surface area contributed by atoms with Crippen LogP contribution in [-0.2, 0) is 0 Å². The zero-order valence-corrected chi connectivity index (χ0v) is 9.63. The second kappa shape index (κ2) is 6.94. The maximum absolute atomic E-state index is 8.61. The first-order valence-electron chi connectivity index (χ1n) is 5.55. The van der Waals surface area contributed by atoms with Gasteiger partial charge in [0.1, 0.15) is 0 Å². The van der Waals surface area contributed by atoms with Gasteiger partial charge in [0.2, 0.25) is 0 Å². The Hall–Kier alpha value is -1.44. The number of rotatable bonds is 6. The van der Waals surface area contributed by atoms with Gasteiger partial charge in [-0.2, -0.15) is 5.26 Å². The summed E-state index contributed by atoms with van der Waals surface area (Å²) in [4.78, 5) is 6.51. The fraction of sp³-hybridized carbons (Fsp3) is 0.500. The predicted molar refractivity (Wildman–Crippen MR) is 63.5 cm³/mol. The molecule has 1 heterocycles. The highest BCUT2D eigenvalue weighted by Gasteiger charge is 2.17. The second-order valence-corrected chi connectivity index (χ2v) is 3.54. The Morgan fingerprint density at radius 3 is 2.88 bits per heavy atom. The minimum absolute atomic E-state index is 0.111. The fourth-order valence-corrected chi connectivity index (χ4v) is 1.76. The van der Waals surface area contributed by atoms with Gasteiger partial charge in [-0.3, -0.25) is 9.88 Å². The molecular formula is C12H18N4. The summed E-state index contributed by atoms with van der Waals surface area (Å²) < 4.78 is 0. The van der Waals surface area contributed by atoms with E-state index < -0.39 is 0 Å². The normalized spacial score (nSPS) is 12.4. The van der Waals surface area contributed by atoms with E-state index in [2.05, 4.69) is 22.9 Å². The Kier molecular flexibility index (Phi) is 5.48. The van der Waals surface area contributed by atoms with Crippen molar-refractivity contribution in [2.75, 3.05) is 19.6 Å². The largest absolute Gasteiger partial charge is 0.329 e. The highest BCUT2D eigenvalue weighted by atomic mass is 15.2. The van der Waals surface area contributed by atoms with Crippen LogP contribution in [0.15, 0.2) is 24.4 Å². The van der Waals surface area contributed by atoms with E-state index >= 15 is 0 Å². The summed E-state index contributed by atoms with van der Waals surface area (Å²) in [5, 5.41) is 8.61. The molecule has 1 atom stereocenters. The molecule has 0 spiro atoms. The van der Waals surface area contributed by atoms with Gasteiger partial charge in [0, 0.05) is 25.7 Å². The molecule has 86 valence electrons. The van der Waals surface area contributed by atoms with Crippen molar-refractivity contribution in [3.63, 3.8) is 0 Å². The smallest absolute Gasteiger partial charge is 0.0644 e. The molecule has 0 fully saturated rings. The highest BCUT2D eigenvalue weighted by Crippen LogP contribution is 2.16. The molecule has 0 saturated carbocycles. The summed E-state index contributed by atoms with van der Waals surface area (Å²) in [6.07, 6.45) is 2.30. The van der Waals surface area contributed by atoms with Gasteiger partial charge < -0.3 is 5.73 Å². The van der Waals surface area contributed by atoms with Crippen molar-refractivity contribution in [2.24, 2.45) is 5.73 Å². The van der Waals surface area contributed by atoms with Gasteiger partial charge in [0.15, 0.2) is 0 Å². The first kappa shape index (κ1) is 12.6. The van der Waals surface area contributed by atoms with Crippen LogP contribution in [0.3, 0.4) is 0 Å². The molecule has 0 bridgehead atoms. The van der Waals surface area contributed by atoms with Crippen molar-refractivity contribution in [3.8, 4) is 6.07 Å². The highest BCUT2D eigenvalue weighted by molar-refractivity contribution is 5.09. The standard InChI is InChI=1S/C12H18N4/c1-2-16(9-5-7-13)12(10-14)11-6-3-4-8-15-11/h3-4,6,8,12H,2,5,9-10,14H2,1H3. The number of likely N-dealkylation sites (N-methyl/N-ethyl adjacent to an activating group) is 1. The van der Waals surface area contributed by atoms with E-state index in [-0.39, 0.29) is 6.04 Å². The average molecular weight is 218 g/mol. The van der Waals surface area contributed by atoms with Crippen molar-refractivity contribution >= 4 is 0 Å². The van der Waals surface area contributed by atoms with E-state index in [0.29, 0.717) is 13.0 Å². The van der Waals surface area contributed by atoms with Gasteiger partial charge in [-0.1, -0.05) is 13.0 Å². The van der Waals surface area contributed by atoms with E-state index in [9.17, 15) is 0 Å². The maximum atomic E-state index is 8.61. The first-order chi connectivity index (χ1) is 7.83. The quantitative estimate of drug-likeness (QED) is 0.782. The lowest BCUT2D eigenvalue weighted by Crippen LogP contribution is -2.34. The van der Waals surface area contributed by atoms with Crippen molar-refractivity contribution in [1.29, 1.82) is 5.26 Å². The summed E-state index contributed by atoms with van der Waals surface area (Å²) in [6.45, 7) is 4.21. The van der Waals surface area contributed by atoms with Crippen LogP contribution in [0.2, 0.25) is 0 Å². The molecule has 0 aliphatic carbocycles. The molecule has 0 aliphatic rings. The summed E-state index contributed by atoms with van der Waals surface area (Å²) in [6, 6.07) is 8.10. The maximum Gasteiger partial charge on any atom is 0.0644 e. The number of nitrogens with zero attached hydrogens (tertiary/aromatic N) is 3. The van der Waals surface area contributed by atoms with Crippen LogP contribution >= 0.6 is 0 Å². The molecule has 1 aromatic rings. The zero-order chi connectivity index (χ0) is 11.8. The third-order valence-corrected chi connectivity index (χ3v) is 2.61.